The van der Waals surface area contributed by atoms with Gasteiger partial charge in [0.05, 0.1) is 24.7 Å². The van der Waals surface area contributed by atoms with Crippen LogP contribution >= 0.6 is 12.2 Å². The molecule has 148 valence electrons. The molecular formula is C18H22N6O2S2. The van der Waals surface area contributed by atoms with Crippen molar-refractivity contribution >= 4 is 22.2 Å². The van der Waals surface area contributed by atoms with E-state index >= 15 is 0 Å². The minimum absolute atomic E-state index is 0.142. The van der Waals surface area contributed by atoms with E-state index < -0.39 is 10.0 Å². The number of aromatic amines is 1. The Balaban J connectivity index is 1.56. The molecule has 0 spiro atoms. The lowest BCUT2D eigenvalue weighted by molar-refractivity contribution is 0.313. The average Bonchev–Trinajstić information content (AvgIpc) is 3.28. The normalized spacial score (nSPS) is 16.5. The molecule has 0 amide bonds. The number of nitrogens with one attached hydrogen (secondary N) is 1. The predicted molar refractivity (Wildman–Crippen MR) is 108 cm³/mol. The zero-order chi connectivity index (χ0) is 19.7. The molecule has 3 aromatic rings. The second-order valence-electron chi connectivity index (χ2n) is 7.04. The van der Waals surface area contributed by atoms with Crippen LogP contribution in [0.3, 0.4) is 0 Å². The first-order chi connectivity index (χ1) is 13.4. The van der Waals surface area contributed by atoms with Gasteiger partial charge in [0.2, 0.25) is 10.0 Å². The van der Waals surface area contributed by atoms with Crippen molar-refractivity contribution in [3.8, 4) is 5.69 Å². The van der Waals surface area contributed by atoms with Crippen molar-refractivity contribution in [3.05, 3.63) is 58.9 Å². The third kappa shape index (κ3) is 3.94. The van der Waals surface area contributed by atoms with E-state index in [2.05, 4.69) is 27.4 Å². The lowest BCUT2D eigenvalue weighted by Gasteiger charge is -2.29. The molecule has 8 nitrogen and oxygen atoms in total. The number of aromatic nitrogens is 5. The van der Waals surface area contributed by atoms with Gasteiger partial charge in [-0.3, -0.25) is 14.3 Å². The summed E-state index contributed by atoms with van der Waals surface area (Å²) in [5.41, 5.74) is 2.02. The number of sulfonamides is 1. The number of hydrogen-bond acceptors (Lipinski definition) is 5. The lowest BCUT2D eigenvalue weighted by atomic mass is 9.97. The topological polar surface area (TPSA) is 88.8 Å². The molecule has 1 saturated heterocycles. The summed E-state index contributed by atoms with van der Waals surface area (Å²) in [6, 6.07) is 10.1. The maximum absolute atomic E-state index is 11.7. The quantitative estimate of drug-likeness (QED) is 0.643. The second kappa shape index (κ2) is 7.61. The van der Waals surface area contributed by atoms with Gasteiger partial charge in [0.25, 0.3) is 0 Å². The molecule has 1 aliphatic heterocycles. The van der Waals surface area contributed by atoms with E-state index in [4.69, 9.17) is 12.2 Å². The van der Waals surface area contributed by atoms with Gasteiger partial charge in [-0.25, -0.2) is 12.7 Å². The van der Waals surface area contributed by atoms with E-state index in [0.29, 0.717) is 37.2 Å². The summed E-state index contributed by atoms with van der Waals surface area (Å²) in [6.45, 7) is 1.67. The van der Waals surface area contributed by atoms with E-state index in [1.165, 1.54) is 16.1 Å². The van der Waals surface area contributed by atoms with Crippen LogP contribution in [-0.4, -0.2) is 56.6 Å². The van der Waals surface area contributed by atoms with E-state index in [-0.39, 0.29) is 5.92 Å². The number of piperidine rings is 1. The highest BCUT2D eigenvalue weighted by atomic mass is 32.2. The number of benzene rings is 1. The summed E-state index contributed by atoms with van der Waals surface area (Å²) in [7, 11) is -3.15. The van der Waals surface area contributed by atoms with Gasteiger partial charge in [-0.2, -0.15) is 10.2 Å². The lowest BCUT2D eigenvalue weighted by Crippen LogP contribution is -2.37. The van der Waals surface area contributed by atoms with Crippen molar-refractivity contribution < 1.29 is 8.42 Å². The molecule has 0 unspecified atom stereocenters. The van der Waals surface area contributed by atoms with Crippen molar-refractivity contribution in [3.63, 3.8) is 0 Å². The van der Waals surface area contributed by atoms with Crippen LogP contribution < -0.4 is 0 Å². The zero-order valence-corrected chi connectivity index (χ0v) is 17.2. The Hall–Kier alpha value is -2.30. The molecule has 0 atom stereocenters. The van der Waals surface area contributed by atoms with Gasteiger partial charge in [0.15, 0.2) is 4.77 Å². The molecule has 0 saturated carbocycles. The van der Waals surface area contributed by atoms with E-state index in [1.807, 2.05) is 33.6 Å². The molecule has 1 fully saturated rings. The first-order valence-electron chi connectivity index (χ1n) is 9.11. The molecular weight excluding hydrogens is 396 g/mol. The highest BCUT2D eigenvalue weighted by Gasteiger charge is 2.29. The minimum atomic E-state index is -3.15. The van der Waals surface area contributed by atoms with Crippen LogP contribution in [0.4, 0.5) is 0 Å². The summed E-state index contributed by atoms with van der Waals surface area (Å²) < 4.78 is 29.3. The third-order valence-electron chi connectivity index (χ3n) is 5.05. The fourth-order valence-corrected chi connectivity index (χ4v) is 4.72. The van der Waals surface area contributed by atoms with Crippen molar-refractivity contribution in [2.45, 2.75) is 25.3 Å². The summed E-state index contributed by atoms with van der Waals surface area (Å²) in [5, 5.41) is 11.8. The number of nitrogens with zero attached hydrogens (tertiary/aromatic N) is 5. The SMILES string of the molecule is CS(=O)(=O)N1CCC(c2n[nH]c(=S)n2-c2cnn(Cc3ccccc3)c2)CC1. The third-order valence-corrected chi connectivity index (χ3v) is 6.63. The molecule has 3 heterocycles. The molecule has 1 aliphatic rings. The Morgan fingerprint density at radius 1 is 1.21 bits per heavy atom. The van der Waals surface area contributed by atoms with Gasteiger partial charge in [0.1, 0.15) is 5.82 Å². The van der Waals surface area contributed by atoms with E-state index in [0.717, 1.165) is 11.5 Å². The fraction of sp³-hybridized carbons (Fsp3) is 0.389. The molecule has 10 heteroatoms. The average molecular weight is 419 g/mol. The largest absolute Gasteiger partial charge is 0.269 e. The summed E-state index contributed by atoms with van der Waals surface area (Å²) >= 11 is 5.45. The minimum Gasteiger partial charge on any atom is -0.269 e. The fourth-order valence-electron chi connectivity index (χ4n) is 3.60. The first-order valence-corrected chi connectivity index (χ1v) is 11.4. The molecule has 1 aromatic carbocycles. The Morgan fingerprint density at radius 2 is 1.93 bits per heavy atom. The van der Waals surface area contributed by atoms with Crippen molar-refractivity contribution in [1.82, 2.24) is 28.9 Å². The van der Waals surface area contributed by atoms with Crippen LogP contribution in [0.25, 0.3) is 5.69 Å². The van der Waals surface area contributed by atoms with Gasteiger partial charge in [0, 0.05) is 25.2 Å². The smallest absolute Gasteiger partial charge is 0.211 e. The highest BCUT2D eigenvalue weighted by Crippen LogP contribution is 2.29. The molecule has 0 radical (unpaired) electrons. The molecule has 0 bridgehead atoms. The van der Waals surface area contributed by atoms with Gasteiger partial charge in [-0.05, 0) is 30.6 Å². The number of H-pyrrole nitrogens is 1. The van der Waals surface area contributed by atoms with Crippen LogP contribution in [0.2, 0.25) is 0 Å². The van der Waals surface area contributed by atoms with Gasteiger partial charge < -0.3 is 0 Å². The maximum Gasteiger partial charge on any atom is 0.211 e. The number of rotatable bonds is 5. The van der Waals surface area contributed by atoms with Crippen LogP contribution in [0.1, 0.15) is 30.1 Å². The van der Waals surface area contributed by atoms with E-state index in [9.17, 15) is 8.42 Å². The van der Waals surface area contributed by atoms with Gasteiger partial charge in [-0.15, -0.1) is 0 Å². The van der Waals surface area contributed by atoms with Crippen molar-refractivity contribution in [2.24, 2.45) is 0 Å². The van der Waals surface area contributed by atoms with Crippen LogP contribution in [0, 0.1) is 4.77 Å². The highest BCUT2D eigenvalue weighted by molar-refractivity contribution is 7.88. The van der Waals surface area contributed by atoms with Crippen LogP contribution in [-0.2, 0) is 16.6 Å². The molecule has 2 aromatic heterocycles. The summed E-state index contributed by atoms with van der Waals surface area (Å²) in [5.74, 6) is 0.973. The van der Waals surface area contributed by atoms with Crippen molar-refractivity contribution in [1.29, 1.82) is 0 Å². The van der Waals surface area contributed by atoms with Gasteiger partial charge >= 0.3 is 0 Å². The van der Waals surface area contributed by atoms with Crippen LogP contribution in [0.15, 0.2) is 42.7 Å². The van der Waals surface area contributed by atoms with Gasteiger partial charge in [-0.1, -0.05) is 30.3 Å². The Labute approximate surface area is 168 Å². The maximum atomic E-state index is 11.7. The Morgan fingerprint density at radius 3 is 2.61 bits per heavy atom. The summed E-state index contributed by atoms with van der Waals surface area (Å²) in [4.78, 5) is 0. The molecule has 28 heavy (non-hydrogen) atoms. The Bertz CT molecular complexity index is 1110. The molecule has 1 N–H and O–H groups in total. The molecule has 4 rings (SSSR count). The second-order valence-corrected chi connectivity index (χ2v) is 9.41. The standard InChI is InChI=1S/C18H22N6O2S2/c1-28(25,26)23-9-7-15(8-10-23)17-20-21-18(27)24(17)16-11-19-22(13-16)12-14-5-3-2-4-6-14/h2-6,11,13,15H,7-10,12H2,1H3,(H,21,27). The van der Waals surface area contributed by atoms with Crippen molar-refractivity contribution in [2.75, 3.05) is 19.3 Å². The summed E-state index contributed by atoms with van der Waals surface area (Å²) in [6.07, 6.45) is 6.41. The zero-order valence-electron chi connectivity index (χ0n) is 15.5. The van der Waals surface area contributed by atoms with E-state index in [1.54, 1.807) is 6.20 Å². The number of hydrogen-bond donors (Lipinski definition) is 1. The van der Waals surface area contributed by atoms with Crippen LogP contribution in [0.5, 0.6) is 0 Å². The Kier molecular flexibility index (Phi) is 5.17. The predicted octanol–water partition coefficient (Wildman–Crippen LogP) is 2.31. The monoisotopic (exact) mass is 418 g/mol. The molecule has 0 aliphatic carbocycles. The first kappa shape index (κ1) is 19.0.